The van der Waals surface area contributed by atoms with Gasteiger partial charge in [0.2, 0.25) is 0 Å². The van der Waals surface area contributed by atoms with Crippen molar-refractivity contribution in [1.82, 2.24) is 0 Å². The normalized spacial score (nSPS) is 10.4. The third kappa shape index (κ3) is 7.68. The largest absolute Gasteiger partial charge is 0.407 e. The van der Waals surface area contributed by atoms with Crippen LogP contribution in [0.1, 0.15) is 29.2 Å². The highest BCUT2D eigenvalue weighted by molar-refractivity contribution is 5.99. The summed E-state index contributed by atoms with van der Waals surface area (Å²) in [6, 6.07) is 42.7. The van der Waals surface area contributed by atoms with Gasteiger partial charge in [-0.15, -0.1) is 6.42 Å². The number of rotatable bonds is 7. The molecule has 6 aromatic carbocycles. The van der Waals surface area contributed by atoms with E-state index >= 15 is 0 Å². The van der Waals surface area contributed by atoms with E-state index in [1.165, 1.54) is 32.7 Å². The third-order valence-corrected chi connectivity index (χ3v) is 7.75. The smallest absolute Gasteiger partial charge is 0.140 e. The fourth-order valence-corrected chi connectivity index (χ4v) is 5.41. The molecule has 2 nitrogen and oxygen atoms in total. The summed E-state index contributed by atoms with van der Waals surface area (Å²) in [6.45, 7) is 4.14. The highest BCUT2D eigenvalue weighted by Gasteiger charge is 2.12. The van der Waals surface area contributed by atoms with Gasteiger partial charge >= 0.3 is 0 Å². The lowest BCUT2D eigenvalue weighted by Gasteiger charge is -2.25. The molecule has 0 aliphatic rings. The zero-order valence-corrected chi connectivity index (χ0v) is 26.8. The molecule has 0 N–H and O–H groups in total. The molecule has 0 amide bonds. The Kier molecular flexibility index (Phi) is 9.71. The van der Waals surface area contributed by atoms with Crippen LogP contribution in [0, 0.1) is 55.0 Å². The van der Waals surface area contributed by atoms with Gasteiger partial charge in [0.1, 0.15) is 11.9 Å². The van der Waals surface area contributed by atoms with Crippen LogP contribution in [0.5, 0.6) is 5.75 Å². The van der Waals surface area contributed by atoms with Crippen LogP contribution in [0.15, 0.2) is 127 Å². The summed E-state index contributed by atoms with van der Waals surface area (Å²) in [5, 5.41) is 4.97. The third-order valence-electron chi connectivity index (χ3n) is 7.75. The topological polar surface area (TPSA) is 12.5 Å². The van der Waals surface area contributed by atoms with Crippen molar-refractivity contribution in [2.45, 2.75) is 13.8 Å². The van der Waals surface area contributed by atoms with Crippen LogP contribution in [-0.2, 0) is 0 Å². The van der Waals surface area contributed by atoms with Crippen LogP contribution in [0.4, 0.5) is 17.1 Å². The van der Waals surface area contributed by atoms with E-state index in [4.69, 9.17) is 11.2 Å². The van der Waals surface area contributed by atoms with Gasteiger partial charge in [0, 0.05) is 34.8 Å². The van der Waals surface area contributed by atoms with Gasteiger partial charge in [-0.25, -0.2) is 0 Å². The molecule has 0 saturated heterocycles. The van der Waals surface area contributed by atoms with Crippen molar-refractivity contribution in [2.75, 3.05) is 4.90 Å². The summed E-state index contributed by atoms with van der Waals surface area (Å²) >= 11 is 0. The maximum atomic E-state index is 5.53. The second kappa shape index (κ2) is 15.0. The van der Waals surface area contributed by atoms with Crippen molar-refractivity contribution in [3.05, 3.63) is 150 Å². The fraction of sp³-hybridized carbons (Fsp3) is 0.0435. The van der Waals surface area contributed by atoms with E-state index in [-0.39, 0.29) is 0 Å². The fourth-order valence-electron chi connectivity index (χ4n) is 5.41. The maximum absolute atomic E-state index is 5.53. The molecule has 0 bridgehead atoms. The van der Waals surface area contributed by atoms with Crippen LogP contribution in [0.2, 0.25) is 0 Å². The molecule has 0 aromatic heterocycles. The molecule has 0 radical (unpaired) electrons. The lowest BCUT2D eigenvalue weighted by molar-refractivity contribution is 0.520. The van der Waals surface area contributed by atoms with Gasteiger partial charge in [-0.1, -0.05) is 78.4 Å². The molecule has 6 rings (SSSR count). The van der Waals surface area contributed by atoms with Crippen LogP contribution >= 0.6 is 0 Å². The minimum absolute atomic E-state index is 0.618. The summed E-state index contributed by atoms with van der Waals surface area (Å²) in [7, 11) is 0. The summed E-state index contributed by atoms with van der Waals surface area (Å²) in [6.07, 6.45) is 16.2. The second-order valence-electron chi connectivity index (χ2n) is 11.1. The Balaban J connectivity index is 1.21. The van der Waals surface area contributed by atoms with Crippen molar-refractivity contribution >= 4 is 56.8 Å². The molecular formula is C46H31NO. The Morgan fingerprint density at radius 1 is 0.521 bits per heavy atom. The molecule has 0 heterocycles. The van der Waals surface area contributed by atoms with Crippen LogP contribution in [0.25, 0.3) is 39.8 Å². The van der Waals surface area contributed by atoms with Crippen molar-refractivity contribution in [1.29, 1.82) is 0 Å². The predicted octanol–water partition coefficient (Wildman–Crippen LogP) is 11.0. The summed E-state index contributed by atoms with van der Waals surface area (Å²) < 4.78 is 5.53. The Hall–Kier alpha value is -6.84. The molecular weight excluding hydrogens is 583 g/mol. The maximum Gasteiger partial charge on any atom is 0.140 e. The lowest BCUT2D eigenvalue weighted by Crippen LogP contribution is -2.09. The molecule has 2 heteroatoms. The molecule has 0 spiro atoms. The van der Waals surface area contributed by atoms with Crippen molar-refractivity contribution in [3.8, 4) is 53.8 Å². The van der Waals surface area contributed by atoms with Gasteiger partial charge in [-0.2, -0.15) is 0 Å². The van der Waals surface area contributed by atoms with Gasteiger partial charge < -0.3 is 9.64 Å². The molecule has 0 aliphatic heterocycles. The van der Waals surface area contributed by atoms with E-state index in [1.807, 2.05) is 31.2 Å². The predicted molar refractivity (Wildman–Crippen MR) is 204 cm³/mol. The van der Waals surface area contributed by atoms with E-state index in [9.17, 15) is 0 Å². The number of fused-ring (bicyclic) bond motifs is 2. The summed E-state index contributed by atoms with van der Waals surface area (Å²) in [5.74, 6) is 15.5. The monoisotopic (exact) mass is 613 g/mol. The average Bonchev–Trinajstić information content (AvgIpc) is 3.11. The SMILES string of the molecule is C#CC#CC#CC#COc1ccc(N(c2ccc(C)cc2)c2ccc(C=Cc3ccc4cc5cc(C=CC)ccc5cc4c3)cc2)cc1. The molecule has 6 aromatic rings. The average molecular weight is 614 g/mol. The highest BCUT2D eigenvalue weighted by atomic mass is 16.5. The molecule has 0 fully saturated rings. The van der Waals surface area contributed by atoms with Gasteiger partial charge in [-0.05, 0) is 143 Å². The Morgan fingerprint density at radius 2 is 1.02 bits per heavy atom. The quantitative estimate of drug-likeness (QED) is 0.101. The van der Waals surface area contributed by atoms with E-state index in [0.717, 1.165) is 28.2 Å². The standard InChI is InChI=1S/C46H31NO/c1-4-6-7-8-9-10-30-48-46-28-26-45(27-29-46)47(43-22-12-35(3)13-23-43)44-24-18-36(19-25-44)14-15-38-17-21-40-33-41-31-37(11-5-2)16-20-39(41)34-42(40)32-38/h1,5,11-29,31-34H,2-3H3. The Morgan fingerprint density at radius 3 is 1.62 bits per heavy atom. The highest BCUT2D eigenvalue weighted by Crippen LogP contribution is 2.36. The summed E-state index contributed by atoms with van der Waals surface area (Å²) in [5.41, 5.74) is 7.80. The Bertz CT molecular complexity index is 2390. The van der Waals surface area contributed by atoms with E-state index in [0.29, 0.717) is 5.75 Å². The van der Waals surface area contributed by atoms with Gasteiger partial charge in [-0.3, -0.25) is 0 Å². The molecule has 0 saturated carbocycles. The first-order valence-corrected chi connectivity index (χ1v) is 15.6. The van der Waals surface area contributed by atoms with Crippen molar-refractivity contribution in [2.24, 2.45) is 0 Å². The number of hydrogen-bond acceptors (Lipinski definition) is 2. The number of hydrogen-bond donors (Lipinski definition) is 0. The summed E-state index contributed by atoms with van der Waals surface area (Å²) in [4.78, 5) is 2.22. The molecule has 226 valence electrons. The zero-order valence-electron chi connectivity index (χ0n) is 26.8. The molecule has 0 aliphatic carbocycles. The number of allylic oxidation sites excluding steroid dienone is 1. The Labute approximate surface area is 283 Å². The minimum Gasteiger partial charge on any atom is -0.407 e. The van der Waals surface area contributed by atoms with E-state index in [2.05, 4.69) is 175 Å². The number of terminal acetylenes is 1. The number of benzene rings is 6. The first-order chi connectivity index (χ1) is 23.6. The molecule has 0 atom stereocenters. The van der Waals surface area contributed by atoms with Gasteiger partial charge in [0.25, 0.3) is 0 Å². The van der Waals surface area contributed by atoms with E-state index < -0.39 is 0 Å². The second-order valence-corrected chi connectivity index (χ2v) is 11.1. The van der Waals surface area contributed by atoms with Crippen molar-refractivity contribution in [3.63, 3.8) is 0 Å². The zero-order chi connectivity index (χ0) is 33.1. The number of anilines is 3. The number of aryl methyl sites for hydroxylation is 1. The van der Waals surface area contributed by atoms with Gasteiger partial charge in [0.15, 0.2) is 0 Å². The lowest BCUT2D eigenvalue weighted by atomic mass is 9.99. The van der Waals surface area contributed by atoms with Gasteiger partial charge in [0.05, 0.1) is 0 Å². The van der Waals surface area contributed by atoms with Crippen LogP contribution < -0.4 is 9.64 Å². The minimum atomic E-state index is 0.618. The van der Waals surface area contributed by atoms with E-state index in [1.54, 1.807) is 0 Å². The van der Waals surface area contributed by atoms with Crippen LogP contribution in [-0.4, -0.2) is 0 Å². The first-order valence-electron chi connectivity index (χ1n) is 15.6. The van der Waals surface area contributed by atoms with Crippen LogP contribution in [0.3, 0.4) is 0 Å². The molecule has 0 unspecified atom stereocenters. The number of ether oxygens (including phenoxy) is 1. The van der Waals surface area contributed by atoms with Crippen molar-refractivity contribution < 1.29 is 4.74 Å². The molecule has 48 heavy (non-hydrogen) atoms. The first kappa shape index (κ1) is 31.2. The number of nitrogens with zero attached hydrogens (tertiary/aromatic N) is 1.